The summed E-state index contributed by atoms with van der Waals surface area (Å²) in [6, 6.07) is 5.11. The van der Waals surface area contributed by atoms with E-state index in [1.807, 2.05) is 0 Å². The van der Waals surface area contributed by atoms with Gasteiger partial charge in [0.25, 0.3) is 0 Å². The molecule has 0 aliphatic carbocycles. The van der Waals surface area contributed by atoms with Gasteiger partial charge in [-0.15, -0.1) is 0 Å². The van der Waals surface area contributed by atoms with Gasteiger partial charge in [-0.3, -0.25) is 19.0 Å². The second-order valence-electron chi connectivity index (χ2n) is 4.60. The topological polar surface area (TPSA) is 85.6 Å². The molecule has 1 aromatic carbocycles. The second kappa shape index (κ2) is 6.21. The Morgan fingerprint density at radius 2 is 2.10 bits per heavy atom. The molecule has 6 heteroatoms. The summed E-state index contributed by atoms with van der Waals surface area (Å²) in [7, 11) is 1.52. The van der Waals surface area contributed by atoms with Crippen molar-refractivity contribution in [2.24, 2.45) is 0 Å². The van der Waals surface area contributed by atoms with E-state index in [4.69, 9.17) is 9.84 Å². The first-order chi connectivity index (χ1) is 10.1. The summed E-state index contributed by atoms with van der Waals surface area (Å²) in [6.45, 7) is 0. The van der Waals surface area contributed by atoms with Crippen LogP contribution in [0.3, 0.4) is 0 Å². The van der Waals surface area contributed by atoms with E-state index < -0.39 is 5.97 Å². The Morgan fingerprint density at radius 3 is 2.71 bits per heavy atom. The van der Waals surface area contributed by atoms with E-state index >= 15 is 0 Å². The molecule has 1 N–H and O–H groups in total. The van der Waals surface area contributed by atoms with Crippen LogP contribution in [0.5, 0.6) is 5.75 Å². The number of aldehydes is 1. The minimum absolute atomic E-state index is 0.0562. The van der Waals surface area contributed by atoms with Crippen LogP contribution in [0.1, 0.15) is 34.4 Å². The molecule has 0 saturated carbocycles. The molecule has 0 atom stereocenters. The number of benzene rings is 1. The average molecular weight is 289 g/mol. The minimum Gasteiger partial charge on any atom is -0.497 e. The Morgan fingerprint density at radius 1 is 1.33 bits per heavy atom. The van der Waals surface area contributed by atoms with Gasteiger partial charge >= 0.3 is 5.97 Å². The molecule has 0 fully saturated rings. The molecule has 110 valence electrons. The van der Waals surface area contributed by atoms with Crippen molar-refractivity contribution in [1.29, 1.82) is 0 Å². The molecule has 1 aromatic heterocycles. The summed E-state index contributed by atoms with van der Waals surface area (Å²) in [5.41, 5.74) is 1.01. The molecule has 0 spiro atoms. The van der Waals surface area contributed by atoms with E-state index in [0.29, 0.717) is 28.5 Å². The zero-order valence-corrected chi connectivity index (χ0v) is 11.5. The third-order valence-electron chi connectivity index (χ3n) is 3.22. The molecule has 6 nitrogen and oxygen atoms in total. The van der Waals surface area contributed by atoms with Gasteiger partial charge in [0.05, 0.1) is 12.6 Å². The zero-order valence-electron chi connectivity index (χ0n) is 11.5. The fraction of sp³-hybridized carbons (Fsp3) is 0.267. The molecule has 0 saturated heterocycles. The van der Waals surface area contributed by atoms with Gasteiger partial charge in [-0.05, 0) is 24.6 Å². The predicted molar refractivity (Wildman–Crippen MR) is 76.0 cm³/mol. The van der Waals surface area contributed by atoms with Crippen LogP contribution in [0, 0.1) is 0 Å². The SMILES string of the molecule is COc1ccc2c(c1)c(C=O)cn2C(=O)CCCC(=O)O. The van der Waals surface area contributed by atoms with E-state index in [1.54, 1.807) is 18.2 Å². The van der Waals surface area contributed by atoms with E-state index in [1.165, 1.54) is 17.9 Å². The Bertz CT molecular complexity index is 701. The molecule has 0 radical (unpaired) electrons. The van der Waals surface area contributed by atoms with Crippen LogP contribution in [0.2, 0.25) is 0 Å². The average Bonchev–Trinajstić information content (AvgIpc) is 2.84. The number of carbonyl (C=O) groups is 3. The number of carboxylic acid groups (broad SMARTS) is 1. The molecule has 0 bridgehead atoms. The van der Waals surface area contributed by atoms with Crippen LogP contribution in [0.15, 0.2) is 24.4 Å². The molecule has 0 amide bonds. The van der Waals surface area contributed by atoms with Crippen molar-refractivity contribution in [1.82, 2.24) is 4.57 Å². The number of hydrogen-bond donors (Lipinski definition) is 1. The number of carboxylic acids is 1. The fourth-order valence-corrected chi connectivity index (χ4v) is 2.17. The molecular formula is C15H15NO5. The van der Waals surface area contributed by atoms with Crippen molar-refractivity contribution in [3.63, 3.8) is 0 Å². The highest BCUT2D eigenvalue weighted by Gasteiger charge is 2.14. The van der Waals surface area contributed by atoms with Crippen molar-refractivity contribution in [3.05, 3.63) is 30.0 Å². The third-order valence-corrected chi connectivity index (χ3v) is 3.22. The van der Waals surface area contributed by atoms with Crippen molar-refractivity contribution in [2.75, 3.05) is 7.11 Å². The number of aromatic nitrogens is 1. The highest BCUT2D eigenvalue weighted by atomic mass is 16.5. The van der Waals surface area contributed by atoms with Crippen LogP contribution >= 0.6 is 0 Å². The Hall–Kier alpha value is -2.63. The number of carbonyl (C=O) groups excluding carboxylic acids is 2. The lowest BCUT2D eigenvalue weighted by Gasteiger charge is -2.04. The van der Waals surface area contributed by atoms with Gasteiger partial charge < -0.3 is 9.84 Å². The molecule has 21 heavy (non-hydrogen) atoms. The highest BCUT2D eigenvalue weighted by molar-refractivity contribution is 6.03. The van der Waals surface area contributed by atoms with Gasteiger partial charge in [-0.1, -0.05) is 0 Å². The van der Waals surface area contributed by atoms with Crippen molar-refractivity contribution in [2.45, 2.75) is 19.3 Å². The molecule has 0 unspecified atom stereocenters. The van der Waals surface area contributed by atoms with E-state index in [2.05, 4.69) is 0 Å². The molecule has 0 aliphatic rings. The lowest BCUT2D eigenvalue weighted by molar-refractivity contribution is -0.137. The lowest BCUT2D eigenvalue weighted by atomic mass is 10.2. The first-order valence-electron chi connectivity index (χ1n) is 6.46. The number of nitrogens with zero attached hydrogens (tertiary/aromatic N) is 1. The van der Waals surface area contributed by atoms with Gasteiger partial charge in [-0.2, -0.15) is 0 Å². The maximum absolute atomic E-state index is 12.1. The molecule has 2 rings (SSSR count). The minimum atomic E-state index is -0.932. The summed E-state index contributed by atoms with van der Waals surface area (Å²) in [4.78, 5) is 33.7. The summed E-state index contributed by atoms with van der Waals surface area (Å²) in [6.07, 6.45) is 2.48. The maximum Gasteiger partial charge on any atom is 0.303 e. The van der Waals surface area contributed by atoms with Crippen LogP contribution < -0.4 is 4.74 Å². The van der Waals surface area contributed by atoms with E-state index in [0.717, 1.165) is 0 Å². The van der Waals surface area contributed by atoms with Crippen molar-refractivity contribution < 1.29 is 24.2 Å². The number of hydrogen-bond acceptors (Lipinski definition) is 4. The van der Waals surface area contributed by atoms with Crippen LogP contribution in [0.25, 0.3) is 10.9 Å². The fourth-order valence-electron chi connectivity index (χ4n) is 2.17. The largest absolute Gasteiger partial charge is 0.497 e. The van der Waals surface area contributed by atoms with Crippen LogP contribution in [-0.4, -0.2) is 34.9 Å². The predicted octanol–water partition coefficient (Wildman–Crippen LogP) is 2.36. The Kier molecular flexibility index (Phi) is 4.37. The Labute approximate surface area is 120 Å². The van der Waals surface area contributed by atoms with Crippen LogP contribution in [0.4, 0.5) is 0 Å². The molecule has 1 heterocycles. The second-order valence-corrected chi connectivity index (χ2v) is 4.60. The first-order valence-corrected chi connectivity index (χ1v) is 6.46. The smallest absolute Gasteiger partial charge is 0.303 e. The van der Waals surface area contributed by atoms with Gasteiger partial charge in [0.2, 0.25) is 5.91 Å². The van der Waals surface area contributed by atoms with Crippen molar-refractivity contribution in [3.8, 4) is 5.75 Å². The monoisotopic (exact) mass is 289 g/mol. The number of aliphatic carboxylic acids is 1. The summed E-state index contributed by atoms with van der Waals surface area (Å²) >= 11 is 0. The molecule has 0 aliphatic heterocycles. The standard InChI is InChI=1S/C15H15NO5/c1-21-11-5-6-13-12(7-11)10(9-17)8-16(13)14(18)3-2-4-15(19)20/h5-9H,2-4H2,1H3,(H,19,20). The van der Waals surface area contributed by atoms with Gasteiger partial charge in [0.1, 0.15) is 5.75 Å². The first kappa shape index (κ1) is 14.8. The third kappa shape index (κ3) is 3.10. The quantitative estimate of drug-likeness (QED) is 0.825. The highest BCUT2D eigenvalue weighted by Crippen LogP contribution is 2.25. The van der Waals surface area contributed by atoms with Gasteiger partial charge in [-0.25, -0.2) is 0 Å². The van der Waals surface area contributed by atoms with Crippen LogP contribution in [-0.2, 0) is 4.79 Å². The molecular weight excluding hydrogens is 274 g/mol. The van der Waals surface area contributed by atoms with Gasteiger partial charge in [0, 0.05) is 30.0 Å². The summed E-state index contributed by atoms with van der Waals surface area (Å²) in [5.74, 6) is -0.570. The number of rotatable bonds is 6. The van der Waals surface area contributed by atoms with Crippen molar-refractivity contribution >= 4 is 29.1 Å². The van der Waals surface area contributed by atoms with E-state index in [-0.39, 0.29) is 25.2 Å². The summed E-state index contributed by atoms with van der Waals surface area (Å²) in [5, 5.41) is 9.23. The number of methoxy groups -OCH3 is 1. The number of ether oxygens (including phenoxy) is 1. The Balaban J connectivity index is 2.33. The zero-order chi connectivity index (χ0) is 15.4. The maximum atomic E-state index is 12.1. The lowest BCUT2D eigenvalue weighted by Crippen LogP contribution is -2.09. The van der Waals surface area contributed by atoms with Gasteiger partial charge in [0.15, 0.2) is 6.29 Å². The normalized spacial score (nSPS) is 10.5. The number of fused-ring (bicyclic) bond motifs is 1. The molecule has 2 aromatic rings. The van der Waals surface area contributed by atoms with E-state index in [9.17, 15) is 14.4 Å². The summed E-state index contributed by atoms with van der Waals surface area (Å²) < 4.78 is 6.50.